The molecule has 0 radical (unpaired) electrons. The van der Waals surface area contributed by atoms with Gasteiger partial charge in [-0.25, -0.2) is 14.2 Å². The Morgan fingerprint density at radius 3 is 2.54 bits per heavy atom. The Labute approximate surface area is 258 Å². The van der Waals surface area contributed by atoms with Crippen LogP contribution in [0.4, 0.5) is 0 Å². The van der Waals surface area contributed by atoms with Crippen molar-refractivity contribution in [3.63, 3.8) is 0 Å². The Bertz CT molecular complexity index is 1390. The molecule has 1 aromatic heterocycles. The van der Waals surface area contributed by atoms with Crippen molar-refractivity contribution in [2.24, 2.45) is 0 Å². The second kappa shape index (κ2) is 13.7. The molecular formula is C26H26Cl2N3O7S3+. The third-order valence-corrected chi connectivity index (χ3v) is 10.6. The summed E-state index contributed by atoms with van der Waals surface area (Å²) in [7, 11) is 0. The fourth-order valence-electron chi connectivity index (χ4n) is 4.28. The normalized spacial score (nSPS) is 18.9. The minimum absolute atomic E-state index is 0.0558. The number of benzene rings is 1. The maximum absolute atomic E-state index is 13.3. The van der Waals surface area contributed by atoms with Crippen LogP contribution in [-0.4, -0.2) is 77.3 Å². The molecule has 0 spiro atoms. The van der Waals surface area contributed by atoms with E-state index in [-0.39, 0.29) is 18.0 Å². The Kier molecular flexibility index (Phi) is 10.5. The first kappa shape index (κ1) is 31.5. The predicted octanol–water partition coefficient (Wildman–Crippen LogP) is 3.78. The molecule has 41 heavy (non-hydrogen) atoms. The van der Waals surface area contributed by atoms with Gasteiger partial charge in [0.1, 0.15) is 17.6 Å². The maximum Gasteiger partial charge on any atom is 0.352 e. The molecule has 2 amide bonds. The number of carboxylic acids is 2. The number of aromatic nitrogens is 1. The summed E-state index contributed by atoms with van der Waals surface area (Å²) in [4.78, 5) is 51.5. The molecular weight excluding hydrogens is 633 g/mol. The molecule has 3 heterocycles. The summed E-state index contributed by atoms with van der Waals surface area (Å²) < 4.78 is 3.20. The number of carboxylic acid groups (broad SMARTS) is 2. The summed E-state index contributed by atoms with van der Waals surface area (Å²) >= 11 is 16.2. The lowest BCUT2D eigenvalue weighted by Crippen LogP contribution is -2.70. The van der Waals surface area contributed by atoms with Crippen LogP contribution in [0.25, 0.3) is 0 Å². The monoisotopic (exact) mass is 658 g/mol. The van der Waals surface area contributed by atoms with Gasteiger partial charge in [-0.3, -0.25) is 18.8 Å². The molecule has 1 aromatic carbocycles. The Hall–Kier alpha value is -2.42. The summed E-state index contributed by atoms with van der Waals surface area (Å²) in [5.74, 6) is -2.55. The van der Waals surface area contributed by atoms with E-state index < -0.39 is 35.4 Å². The molecule has 2 aromatic rings. The van der Waals surface area contributed by atoms with Gasteiger partial charge in [-0.15, -0.1) is 23.5 Å². The van der Waals surface area contributed by atoms with Crippen molar-refractivity contribution in [2.45, 2.75) is 53.6 Å². The zero-order valence-electron chi connectivity index (χ0n) is 21.6. The molecule has 0 unspecified atom stereocenters. The fourth-order valence-corrected chi connectivity index (χ4v) is 8.22. The molecule has 0 aliphatic carbocycles. The van der Waals surface area contributed by atoms with E-state index >= 15 is 0 Å². The van der Waals surface area contributed by atoms with Crippen molar-refractivity contribution < 1.29 is 39.1 Å². The van der Waals surface area contributed by atoms with E-state index in [1.165, 1.54) is 39.7 Å². The number of carbonyl (C=O) groups is 4. The van der Waals surface area contributed by atoms with Gasteiger partial charge in [-0.1, -0.05) is 23.2 Å². The highest BCUT2D eigenvalue weighted by atomic mass is 35.5. The molecule has 3 atom stereocenters. The van der Waals surface area contributed by atoms with Gasteiger partial charge in [0, 0.05) is 51.8 Å². The van der Waals surface area contributed by atoms with Crippen LogP contribution in [0, 0.1) is 0 Å². The van der Waals surface area contributed by atoms with Crippen molar-refractivity contribution in [1.82, 2.24) is 9.21 Å². The summed E-state index contributed by atoms with van der Waals surface area (Å²) in [6.07, 6.45) is 2.93. The number of rotatable bonds is 12. The minimum Gasteiger partial charge on any atom is -0.479 e. The number of carbonyl (C=O) groups excluding carboxylic acids is 2. The smallest absolute Gasteiger partial charge is 0.352 e. The van der Waals surface area contributed by atoms with E-state index in [0.29, 0.717) is 45.0 Å². The van der Waals surface area contributed by atoms with Crippen LogP contribution < -0.4 is 4.57 Å². The van der Waals surface area contributed by atoms with Gasteiger partial charge < -0.3 is 15.3 Å². The number of β-lactam (4-membered cyclic amide) rings is 1. The number of aliphatic carboxylic acids is 2. The predicted molar refractivity (Wildman–Crippen MR) is 157 cm³/mol. The van der Waals surface area contributed by atoms with Gasteiger partial charge >= 0.3 is 11.9 Å². The van der Waals surface area contributed by atoms with Crippen molar-refractivity contribution in [3.8, 4) is 0 Å². The highest BCUT2D eigenvalue weighted by Gasteiger charge is 2.57. The molecule has 2 aliphatic heterocycles. The minimum atomic E-state index is -1.38. The standard InChI is InChI=1S/C26H25Cl2N3O7S3/c1-14(32)31(41-20-11-16(27)4-5-18(20)28)22-23(34)30-21(26(37)38)15(13-40-24(22)30)12-39-17-6-9-29(10-7-17)8-2-3-19(33)25(35)36/h4-7,9-11,19,22,24,33H,2-3,8,12-13H2,1H3,(H-,35,36,37,38)/p+1/t19-,22-,24+/m0/s1. The number of thioether (sulfide) groups is 2. The first-order chi connectivity index (χ1) is 19.5. The van der Waals surface area contributed by atoms with Crippen molar-refractivity contribution in [2.75, 3.05) is 11.5 Å². The third kappa shape index (κ3) is 7.33. The second-order valence-corrected chi connectivity index (χ2v) is 13.2. The lowest BCUT2D eigenvalue weighted by molar-refractivity contribution is -0.697. The van der Waals surface area contributed by atoms with Crippen LogP contribution in [-0.2, 0) is 25.7 Å². The van der Waals surface area contributed by atoms with E-state index in [9.17, 15) is 29.4 Å². The number of pyridine rings is 1. The molecule has 1 fully saturated rings. The number of aliphatic hydroxyl groups is 1. The first-order valence-electron chi connectivity index (χ1n) is 12.3. The number of aliphatic hydroxyl groups excluding tert-OH is 1. The molecule has 218 valence electrons. The molecule has 4 rings (SSSR count). The molecule has 2 aliphatic rings. The Morgan fingerprint density at radius 2 is 1.90 bits per heavy atom. The molecule has 0 saturated carbocycles. The molecule has 1 saturated heterocycles. The van der Waals surface area contributed by atoms with Gasteiger partial charge in [0.05, 0.1) is 5.02 Å². The maximum atomic E-state index is 13.3. The number of aryl methyl sites for hydroxylation is 1. The number of amides is 2. The van der Waals surface area contributed by atoms with Crippen LogP contribution in [0.2, 0.25) is 10.0 Å². The zero-order valence-corrected chi connectivity index (χ0v) is 25.6. The fraction of sp³-hybridized carbons (Fsp3) is 0.346. The number of fused-ring (bicyclic) bond motifs is 1. The molecule has 3 N–H and O–H groups in total. The first-order valence-corrected chi connectivity index (χ1v) is 15.9. The lowest BCUT2D eigenvalue weighted by Gasteiger charge is -2.52. The van der Waals surface area contributed by atoms with E-state index in [1.54, 1.807) is 18.2 Å². The largest absolute Gasteiger partial charge is 0.479 e. The molecule has 0 bridgehead atoms. The van der Waals surface area contributed by atoms with Crippen LogP contribution in [0.5, 0.6) is 0 Å². The van der Waals surface area contributed by atoms with Crippen LogP contribution in [0.15, 0.2) is 63.8 Å². The van der Waals surface area contributed by atoms with Crippen molar-refractivity contribution in [1.29, 1.82) is 0 Å². The van der Waals surface area contributed by atoms with E-state index in [2.05, 4.69) is 0 Å². The number of hydrogen-bond donors (Lipinski definition) is 3. The summed E-state index contributed by atoms with van der Waals surface area (Å²) in [6, 6.07) is 7.70. The quantitative estimate of drug-likeness (QED) is 0.134. The van der Waals surface area contributed by atoms with Crippen LogP contribution >= 0.6 is 58.7 Å². The van der Waals surface area contributed by atoms with E-state index in [4.69, 9.17) is 28.3 Å². The molecule has 10 nitrogen and oxygen atoms in total. The Balaban J connectivity index is 1.42. The van der Waals surface area contributed by atoms with Gasteiger partial charge in [0.25, 0.3) is 5.91 Å². The van der Waals surface area contributed by atoms with Crippen LogP contribution in [0.1, 0.15) is 19.8 Å². The number of halogens is 2. The van der Waals surface area contributed by atoms with Gasteiger partial charge in [0.2, 0.25) is 5.91 Å². The number of nitrogens with zero attached hydrogens (tertiary/aromatic N) is 3. The second-order valence-electron chi connectivity index (χ2n) is 9.18. The lowest BCUT2D eigenvalue weighted by atomic mass is 10.0. The van der Waals surface area contributed by atoms with Crippen LogP contribution in [0.3, 0.4) is 0 Å². The van der Waals surface area contributed by atoms with Gasteiger partial charge in [-0.2, -0.15) is 0 Å². The average molecular weight is 660 g/mol. The average Bonchev–Trinajstić information content (AvgIpc) is 2.93. The van der Waals surface area contributed by atoms with E-state index in [1.807, 2.05) is 29.1 Å². The molecule has 15 heteroatoms. The van der Waals surface area contributed by atoms with Gasteiger partial charge in [0.15, 0.2) is 24.5 Å². The van der Waals surface area contributed by atoms with Crippen molar-refractivity contribution >= 4 is 82.4 Å². The highest BCUT2D eigenvalue weighted by molar-refractivity contribution is 8.01. The van der Waals surface area contributed by atoms with Gasteiger partial charge in [-0.05, 0) is 42.1 Å². The topological polar surface area (TPSA) is 139 Å². The zero-order chi connectivity index (χ0) is 29.8. The summed E-state index contributed by atoms with van der Waals surface area (Å²) in [5.41, 5.74) is 0.551. The number of hydrogen-bond acceptors (Lipinski definition) is 8. The SMILES string of the molecule is CC(=O)N(Sc1cc(Cl)ccc1Cl)[C@H]1C(=O)N2C(C(=O)O)=C(CSc3cc[n+](CCC[C@H](O)C(=O)O)cc3)CS[C@H]12. The van der Waals surface area contributed by atoms with E-state index in [0.717, 1.165) is 16.8 Å². The summed E-state index contributed by atoms with van der Waals surface area (Å²) in [5, 5.41) is 28.4. The van der Waals surface area contributed by atoms with Crippen molar-refractivity contribution in [3.05, 3.63) is 64.0 Å². The third-order valence-electron chi connectivity index (χ3n) is 6.33. The highest BCUT2D eigenvalue weighted by Crippen LogP contribution is 2.46. The summed E-state index contributed by atoms with van der Waals surface area (Å²) in [6.45, 7) is 1.88. The Morgan fingerprint density at radius 1 is 1.20 bits per heavy atom.